The molecular weight excluding hydrogens is 282 g/mol. The molecule has 0 fully saturated rings. The monoisotopic (exact) mass is 299 g/mol. The average Bonchev–Trinajstić information content (AvgIpc) is 3.07. The topological polar surface area (TPSA) is 22.2 Å². The SMILES string of the molecule is C=C/C=C(\C=C)n1c2ccc(C)cc2n2c3ccccc3nc12. The Kier molecular flexibility index (Phi) is 2.95. The van der Waals surface area contributed by atoms with E-state index >= 15 is 0 Å². The van der Waals surface area contributed by atoms with Crippen LogP contribution in [0, 0.1) is 6.92 Å². The number of allylic oxidation sites excluding steroid dienone is 4. The molecule has 2 aromatic carbocycles. The van der Waals surface area contributed by atoms with Crippen molar-refractivity contribution in [1.82, 2.24) is 14.0 Å². The van der Waals surface area contributed by atoms with Crippen LogP contribution in [0.15, 0.2) is 73.9 Å². The Morgan fingerprint density at radius 3 is 2.65 bits per heavy atom. The lowest BCUT2D eigenvalue weighted by molar-refractivity contribution is 1.15. The zero-order chi connectivity index (χ0) is 16.0. The highest BCUT2D eigenvalue weighted by atomic mass is 15.2. The van der Waals surface area contributed by atoms with Crippen molar-refractivity contribution in [3.63, 3.8) is 0 Å². The van der Waals surface area contributed by atoms with Gasteiger partial charge in [0, 0.05) is 5.70 Å². The number of rotatable bonds is 3. The van der Waals surface area contributed by atoms with Gasteiger partial charge in [-0.25, -0.2) is 4.98 Å². The largest absolute Gasteiger partial charge is 0.278 e. The van der Waals surface area contributed by atoms with E-state index in [0.717, 1.165) is 33.5 Å². The summed E-state index contributed by atoms with van der Waals surface area (Å²) in [6.45, 7) is 9.86. The predicted molar refractivity (Wildman–Crippen MR) is 97.6 cm³/mol. The second kappa shape index (κ2) is 4.99. The van der Waals surface area contributed by atoms with Gasteiger partial charge in [-0.1, -0.05) is 37.4 Å². The number of benzene rings is 2. The Labute approximate surface area is 134 Å². The first-order valence-electron chi connectivity index (χ1n) is 7.58. The van der Waals surface area contributed by atoms with Crippen LogP contribution in [0.3, 0.4) is 0 Å². The summed E-state index contributed by atoms with van der Waals surface area (Å²) in [5.41, 5.74) is 6.53. The van der Waals surface area contributed by atoms with Crippen LogP contribution in [0.25, 0.3) is 33.5 Å². The van der Waals surface area contributed by atoms with Crippen molar-refractivity contribution in [1.29, 1.82) is 0 Å². The van der Waals surface area contributed by atoms with Gasteiger partial charge >= 0.3 is 0 Å². The highest BCUT2D eigenvalue weighted by Gasteiger charge is 2.16. The molecule has 0 bridgehead atoms. The summed E-state index contributed by atoms with van der Waals surface area (Å²) in [5, 5.41) is 0. The van der Waals surface area contributed by atoms with Crippen LogP contribution in [0.5, 0.6) is 0 Å². The second-order valence-corrected chi connectivity index (χ2v) is 5.59. The van der Waals surface area contributed by atoms with E-state index in [1.807, 2.05) is 30.4 Å². The van der Waals surface area contributed by atoms with Gasteiger partial charge in [-0.05, 0) is 48.9 Å². The van der Waals surface area contributed by atoms with Crippen molar-refractivity contribution < 1.29 is 0 Å². The molecule has 2 heterocycles. The minimum atomic E-state index is 0.889. The molecule has 0 amide bonds. The summed E-state index contributed by atoms with van der Waals surface area (Å²) in [5.74, 6) is 0.889. The standard InChI is InChI=1S/C20H17N3/c1-4-8-15(5-2)22-18-12-11-14(3)13-19(18)23-17-10-7-6-9-16(17)21-20(22)23/h4-13H,1-2H2,3H3/b15-8+. The minimum absolute atomic E-state index is 0.889. The summed E-state index contributed by atoms with van der Waals surface area (Å²) >= 11 is 0. The van der Waals surface area contributed by atoms with Crippen LogP contribution in [-0.4, -0.2) is 14.0 Å². The Hall–Kier alpha value is -3.07. The lowest BCUT2D eigenvalue weighted by Crippen LogP contribution is -1.95. The molecule has 0 aliphatic carbocycles. The quantitative estimate of drug-likeness (QED) is 0.490. The summed E-state index contributed by atoms with van der Waals surface area (Å²) in [4.78, 5) is 4.84. The smallest absolute Gasteiger partial charge is 0.220 e. The average molecular weight is 299 g/mol. The molecule has 0 spiro atoms. The Balaban J connectivity index is 2.29. The Morgan fingerprint density at radius 2 is 1.87 bits per heavy atom. The maximum atomic E-state index is 4.84. The van der Waals surface area contributed by atoms with Gasteiger partial charge in [-0.2, -0.15) is 0 Å². The summed E-state index contributed by atoms with van der Waals surface area (Å²) in [6.07, 6.45) is 5.56. The molecule has 0 N–H and O–H groups in total. The van der Waals surface area contributed by atoms with Crippen molar-refractivity contribution in [2.45, 2.75) is 6.92 Å². The fourth-order valence-electron chi connectivity index (χ4n) is 3.12. The first-order valence-corrected chi connectivity index (χ1v) is 7.58. The number of hydrogen-bond acceptors (Lipinski definition) is 1. The van der Waals surface area contributed by atoms with E-state index in [2.05, 4.69) is 53.3 Å². The van der Waals surface area contributed by atoms with Gasteiger partial charge in [-0.15, -0.1) is 0 Å². The molecule has 4 rings (SSSR count). The van der Waals surface area contributed by atoms with Crippen molar-refractivity contribution >= 4 is 33.5 Å². The van der Waals surface area contributed by atoms with Crippen LogP contribution >= 0.6 is 0 Å². The number of aromatic nitrogens is 3. The van der Waals surface area contributed by atoms with Gasteiger partial charge in [0.15, 0.2) is 0 Å². The summed E-state index contributed by atoms with van der Waals surface area (Å²) < 4.78 is 4.33. The zero-order valence-electron chi connectivity index (χ0n) is 13.0. The van der Waals surface area contributed by atoms with E-state index in [4.69, 9.17) is 4.98 Å². The van der Waals surface area contributed by atoms with Crippen LogP contribution in [0.2, 0.25) is 0 Å². The molecule has 0 aliphatic heterocycles. The fourth-order valence-corrected chi connectivity index (χ4v) is 3.12. The van der Waals surface area contributed by atoms with Gasteiger partial charge < -0.3 is 0 Å². The Bertz CT molecular complexity index is 1110. The van der Waals surface area contributed by atoms with Crippen molar-refractivity contribution in [2.75, 3.05) is 0 Å². The van der Waals surface area contributed by atoms with Crippen molar-refractivity contribution in [2.24, 2.45) is 0 Å². The highest BCUT2D eigenvalue weighted by molar-refractivity contribution is 5.94. The molecule has 2 aromatic heterocycles. The molecule has 3 nitrogen and oxygen atoms in total. The molecule has 0 saturated carbocycles. The van der Waals surface area contributed by atoms with Crippen LogP contribution in [0.4, 0.5) is 0 Å². The normalized spacial score (nSPS) is 12.3. The third kappa shape index (κ3) is 1.87. The molecule has 0 radical (unpaired) electrons. The predicted octanol–water partition coefficient (Wildman–Crippen LogP) is 4.96. The van der Waals surface area contributed by atoms with Crippen molar-refractivity contribution in [3.05, 3.63) is 79.4 Å². The van der Waals surface area contributed by atoms with E-state index in [1.54, 1.807) is 6.08 Å². The van der Waals surface area contributed by atoms with Gasteiger partial charge in [0.1, 0.15) is 0 Å². The molecule has 4 aromatic rings. The van der Waals surface area contributed by atoms with E-state index in [-0.39, 0.29) is 0 Å². The second-order valence-electron chi connectivity index (χ2n) is 5.59. The van der Waals surface area contributed by atoms with Gasteiger partial charge in [-0.3, -0.25) is 8.97 Å². The Morgan fingerprint density at radius 1 is 1.04 bits per heavy atom. The molecule has 0 atom stereocenters. The molecule has 0 aliphatic rings. The third-order valence-corrected chi connectivity index (χ3v) is 4.11. The highest BCUT2D eigenvalue weighted by Crippen LogP contribution is 2.29. The van der Waals surface area contributed by atoms with E-state index < -0.39 is 0 Å². The number of fused-ring (bicyclic) bond motifs is 5. The molecule has 23 heavy (non-hydrogen) atoms. The van der Waals surface area contributed by atoms with E-state index in [0.29, 0.717) is 0 Å². The first kappa shape index (κ1) is 13.6. The third-order valence-electron chi connectivity index (χ3n) is 4.11. The molecule has 3 heteroatoms. The summed E-state index contributed by atoms with van der Waals surface area (Å²) in [7, 11) is 0. The molecular formula is C20H17N3. The lowest BCUT2D eigenvalue weighted by Gasteiger charge is -2.05. The lowest BCUT2D eigenvalue weighted by atomic mass is 10.2. The number of nitrogens with zero attached hydrogens (tertiary/aromatic N) is 3. The van der Waals surface area contributed by atoms with Gasteiger partial charge in [0.2, 0.25) is 5.78 Å². The maximum absolute atomic E-state index is 4.84. The van der Waals surface area contributed by atoms with Crippen LogP contribution < -0.4 is 0 Å². The zero-order valence-corrected chi connectivity index (χ0v) is 13.0. The van der Waals surface area contributed by atoms with Gasteiger partial charge in [0.25, 0.3) is 0 Å². The van der Waals surface area contributed by atoms with Crippen molar-refractivity contribution in [3.8, 4) is 0 Å². The minimum Gasteiger partial charge on any atom is -0.278 e. The first-order chi connectivity index (χ1) is 11.2. The summed E-state index contributed by atoms with van der Waals surface area (Å²) in [6, 6.07) is 14.7. The number of imidazole rings is 2. The number of hydrogen-bond donors (Lipinski definition) is 0. The van der Waals surface area contributed by atoms with E-state index in [1.165, 1.54) is 5.56 Å². The van der Waals surface area contributed by atoms with Crippen LogP contribution in [-0.2, 0) is 0 Å². The molecule has 0 unspecified atom stereocenters. The fraction of sp³-hybridized carbons (Fsp3) is 0.0500. The number of aryl methyl sites for hydroxylation is 1. The van der Waals surface area contributed by atoms with E-state index in [9.17, 15) is 0 Å². The maximum Gasteiger partial charge on any atom is 0.220 e. The van der Waals surface area contributed by atoms with Gasteiger partial charge in [0.05, 0.1) is 22.1 Å². The molecule has 112 valence electrons. The number of para-hydroxylation sites is 2. The van der Waals surface area contributed by atoms with Crippen LogP contribution in [0.1, 0.15) is 5.56 Å². The molecule has 0 saturated heterocycles.